The number of nitrogens with one attached hydrogen (secondary N) is 1. The Balaban J connectivity index is 2.42. The van der Waals surface area contributed by atoms with Crippen molar-refractivity contribution in [2.24, 2.45) is 0 Å². The summed E-state index contributed by atoms with van der Waals surface area (Å²) in [7, 11) is 0. The lowest BCUT2D eigenvalue weighted by atomic mass is 10.0. The van der Waals surface area contributed by atoms with Gasteiger partial charge in [-0.3, -0.25) is 14.9 Å². The smallest absolute Gasteiger partial charge is 0.271 e. The van der Waals surface area contributed by atoms with Gasteiger partial charge in [0.05, 0.1) is 10.6 Å². The molecule has 1 aromatic rings. The molecule has 1 heterocycles. The number of anilines is 1. The normalized spacial score (nSPS) is 14.4. The van der Waals surface area contributed by atoms with Crippen LogP contribution in [0.1, 0.15) is 12.0 Å². The number of nitro groups is 1. The molecule has 1 aliphatic rings. The number of hydrogen-bond acceptors (Lipinski definition) is 3. The summed E-state index contributed by atoms with van der Waals surface area (Å²) in [4.78, 5) is 21.0. The highest BCUT2D eigenvalue weighted by Gasteiger charge is 2.17. The lowest BCUT2D eigenvalue weighted by molar-refractivity contribution is -0.384. The summed E-state index contributed by atoms with van der Waals surface area (Å²) in [5, 5.41) is 13.1. The highest BCUT2D eigenvalue weighted by Crippen LogP contribution is 2.26. The van der Waals surface area contributed by atoms with E-state index in [0.29, 0.717) is 18.5 Å². The van der Waals surface area contributed by atoms with Gasteiger partial charge in [-0.05, 0) is 12.0 Å². The number of fused-ring (bicyclic) bond motifs is 1. The topological polar surface area (TPSA) is 72.2 Å². The van der Waals surface area contributed by atoms with Crippen molar-refractivity contribution in [3.8, 4) is 0 Å². The summed E-state index contributed by atoms with van der Waals surface area (Å²) in [5.74, 6) is -0.0852. The van der Waals surface area contributed by atoms with Crippen molar-refractivity contribution in [2.45, 2.75) is 12.8 Å². The summed E-state index contributed by atoms with van der Waals surface area (Å²) in [6.45, 7) is 0. The zero-order valence-corrected chi connectivity index (χ0v) is 7.32. The van der Waals surface area contributed by atoms with Gasteiger partial charge in [-0.1, -0.05) is 6.07 Å². The molecular formula is C9H8N2O3. The van der Waals surface area contributed by atoms with E-state index >= 15 is 0 Å². The van der Waals surface area contributed by atoms with E-state index in [1.54, 1.807) is 6.07 Å². The molecule has 0 radical (unpaired) electrons. The Morgan fingerprint density at radius 2 is 2.14 bits per heavy atom. The number of amides is 1. The molecule has 0 atom stereocenters. The predicted octanol–water partition coefficient (Wildman–Crippen LogP) is 1.48. The molecule has 0 saturated heterocycles. The summed E-state index contributed by atoms with van der Waals surface area (Å²) in [6.07, 6.45) is 1.10. The number of rotatable bonds is 1. The van der Waals surface area contributed by atoms with Gasteiger partial charge < -0.3 is 5.32 Å². The fourth-order valence-electron chi connectivity index (χ4n) is 1.47. The predicted molar refractivity (Wildman–Crippen MR) is 50.0 cm³/mol. The molecule has 14 heavy (non-hydrogen) atoms. The van der Waals surface area contributed by atoms with E-state index in [9.17, 15) is 14.9 Å². The maximum Gasteiger partial charge on any atom is 0.271 e. The number of hydrogen-bond donors (Lipinski definition) is 1. The monoisotopic (exact) mass is 192 g/mol. The number of nitrogens with zero attached hydrogens (tertiary/aromatic N) is 1. The first-order chi connectivity index (χ1) is 6.66. The molecule has 1 N–H and O–H groups in total. The Morgan fingerprint density at radius 1 is 1.36 bits per heavy atom. The van der Waals surface area contributed by atoms with Crippen molar-refractivity contribution in [1.29, 1.82) is 0 Å². The average Bonchev–Trinajstić information content (AvgIpc) is 2.16. The number of carbonyl (C=O) groups excluding carboxylic acids is 1. The van der Waals surface area contributed by atoms with Crippen molar-refractivity contribution in [1.82, 2.24) is 0 Å². The molecular weight excluding hydrogens is 184 g/mol. The zero-order valence-electron chi connectivity index (χ0n) is 7.32. The summed E-state index contributed by atoms with van der Waals surface area (Å²) >= 11 is 0. The second-order valence-electron chi connectivity index (χ2n) is 3.15. The molecule has 1 aliphatic heterocycles. The van der Waals surface area contributed by atoms with Gasteiger partial charge in [-0.2, -0.15) is 0 Å². The first-order valence-corrected chi connectivity index (χ1v) is 4.24. The number of carbonyl (C=O) groups is 1. The molecule has 5 heteroatoms. The molecule has 0 fully saturated rings. The van der Waals surface area contributed by atoms with E-state index in [0.717, 1.165) is 5.56 Å². The molecule has 0 unspecified atom stereocenters. The minimum Gasteiger partial charge on any atom is -0.326 e. The van der Waals surface area contributed by atoms with E-state index in [1.165, 1.54) is 12.1 Å². The van der Waals surface area contributed by atoms with Crippen LogP contribution < -0.4 is 5.32 Å². The third-order valence-electron chi connectivity index (χ3n) is 2.20. The van der Waals surface area contributed by atoms with Gasteiger partial charge >= 0.3 is 0 Å². The van der Waals surface area contributed by atoms with Gasteiger partial charge in [0.2, 0.25) is 5.91 Å². The van der Waals surface area contributed by atoms with E-state index in [-0.39, 0.29) is 11.6 Å². The zero-order chi connectivity index (χ0) is 10.1. The number of aryl methyl sites for hydroxylation is 1. The number of non-ortho nitro benzene ring substituents is 1. The second-order valence-corrected chi connectivity index (χ2v) is 3.15. The maximum atomic E-state index is 11.0. The van der Waals surface area contributed by atoms with Crippen LogP contribution >= 0.6 is 0 Å². The van der Waals surface area contributed by atoms with E-state index < -0.39 is 4.92 Å². The first-order valence-electron chi connectivity index (χ1n) is 4.24. The minimum absolute atomic E-state index is 0.00551. The van der Waals surface area contributed by atoms with Crippen LogP contribution in [-0.4, -0.2) is 10.8 Å². The Hall–Kier alpha value is -1.91. The quantitative estimate of drug-likeness (QED) is 0.541. The third-order valence-corrected chi connectivity index (χ3v) is 2.20. The molecule has 0 saturated carbocycles. The van der Waals surface area contributed by atoms with Gasteiger partial charge in [0.1, 0.15) is 0 Å². The van der Waals surface area contributed by atoms with Crippen LogP contribution in [0.4, 0.5) is 11.4 Å². The SMILES string of the molecule is O=C1CCc2ccc([N+](=O)[O-])cc2N1. The summed E-state index contributed by atoms with van der Waals surface area (Å²) < 4.78 is 0. The first kappa shape index (κ1) is 8.68. The van der Waals surface area contributed by atoms with Gasteiger partial charge in [0, 0.05) is 18.6 Å². The Morgan fingerprint density at radius 3 is 2.86 bits per heavy atom. The lowest BCUT2D eigenvalue weighted by Crippen LogP contribution is -2.18. The lowest BCUT2D eigenvalue weighted by Gasteiger charge is -2.15. The van der Waals surface area contributed by atoms with Gasteiger partial charge in [-0.15, -0.1) is 0 Å². The van der Waals surface area contributed by atoms with Crippen molar-refractivity contribution in [2.75, 3.05) is 5.32 Å². The Labute approximate surface area is 79.9 Å². The van der Waals surface area contributed by atoms with E-state index in [4.69, 9.17) is 0 Å². The molecule has 0 aromatic heterocycles. The molecule has 0 bridgehead atoms. The molecule has 5 nitrogen and oxygen atoms in total. The maximum absolute atomic E-state index is 11.0. The van der Waals surface area contributed by atoms with Crippen LogP contribution in [0.2, 0.25) is 0 Å². The van der Waals surface area contributed by atoms with Gasteiger partial charge in [0.15, 0.2) is 0 Å². The highest BCUT2D eigenvalue weighted by atomic mass is 16.6. The Kier molecular flexibility index (Phi) is 1.92. The van der Waals surface area contributed by atoms with Crippen molar-refractivity contribution in [3.63, 3.8) is 0 Å². The molecule has 1 aromatic carbocycles. The van der Waals surface area contributed by atoms with Crippen LogP contribution in [0.15, 0.2) is 18.2 Å². The highest BCUT2D eigenvalue weighted by molar-refractivity contribution is 5.94. The van der Waals surface area contributed by atoms with E-state index in [1.807, 2.05) is 0 Å². The number of nitro benzene ring substituents is 1. The van der Waals surface area contributed by atoms with Crippen LogP contribution in [0.3, 0.4) is 0 Å². The molecule has 72 valence electrons. The molecule has 1 amide bonds. The van der Waals surface area contributed by atoms with Crippen LogP contribution in [0.25, 0.3) is 0 Å². The van der Waals surface area contributed by atoms with Gasteiger partial charge in [-0.25, -0.2) is 0 Å². The number of benzene rings is 1. The van der Waals surface area contributed by atoms with Crippen molar-refractivity contribution >= 4 is 17.3 Å². The standard InChI is InChI=1S/C9H8N2O3/c12-9-4-2-6-1-3-7(11(13)14)5-8(6)10-9/h1,3,5H,2,4H2,(H,10,12). The van der Waals surface area contributed by atoms with Crippen LogP contribution in [0.5, 0.6) is 0 Å². The van der Waals surface area contributed by atoms with Crippen LogP contribution in [-0.2, 0) is 11.2 Å². The minimum atomic E-state index is -0.471. The fourth-order valence-corrected chi connectivity index (χ4v) is 1.47. The molecule has 0 aliphatic carbocycles. The largest absolute Gasteiger partial charge is 0.326 e. The van der Waals surface area contributed by atoms with Gasteiger partial charge in [0.25, 0.3) is 5.69 Å². The fraction of sp³-hybridized carbons (Fsp3) is 0.222. The average molecular weight is 192 g/mol. The van der Waals surface area contributed by atoms with E-state index in [2.05, 4.69) is 5.32 Å². The molecule has 2 rings (SSSR count). The Bertz CT molecular complexity index is 415. The summed E-state index contributed by atoms with van der Waals surface area (Å²) in [5.41, 5.74) is 1.52. The van der Waals surface area contributed by atoms with Crippen molar-refractivity contribution in [3.05, 3.63) is 33.9 Å². The van der Waals surface area contributed by atoms with Crippen molar-refractivity contribution < 1.29 is 9.72 Å². The van der Waals surface area contributed by atoms with Crippen LogP contribution in [0, 0.1) is 10.1 Å². The second kappa shape index (κ2) is 3.10. The summed E-state index contributed by atoms with van der Waals surface area (Å²) in [6, 6.07) is 4.54. The molecule has 0 spiro atoms. The third kappa shape index (κ3) is 1.44.